The monoisotopic (exact) mass is 808 g/mol. The first-order valence-electron chi connectivity index (χ1n) is 19.1. The summed E-state index contributed by atoms with van der Waals surface area (Å²) in [5.74, 6) is 0. The molecular weight excluding hydrogens is 769 g/mol. The average Bonchev–Trinajstić information content (AvgIpc) is 4.08. The minimum atomic E-state index is 0.866. The van der Waals surface area contributed by atoms with Crippen LogP contribution in [0.1, 0.15) is 63.5 Å². The van der Waals surface area contributed by atoms with Crippen LogP contribution in [-0.2, 0) is 12.8 Å². The van der Waals surface area contributed by atoms with Crippen LogP contribution >= 0.6 is 57.1 Å². The molecule has 0 unspecified atom stereocenters. The number of fused-ring (bicyclic) bond motifs is 2. The molecule has 0 spiro atoms. The van der Waals surface area contributed by atoms with E-state index >= 15 is 0 Å². The lowest BCUT2D eigenvalue weighted by atomic mass is 10.0. The van der Waals surface area contributed by atoms with E-state index in [9.17, 15) is 0 Å². The SMILES string of the molecule is CCCCCc1ccc(-c2ccc(-c3c4nsnc4c(-c4ccc(-c5ccc(CCCCC)cc5)s4)c4nc(-c5cccs5)c(-c5cccs5)nc34)s2)cc1. The second kappa shape index (κ2) is 16.4. The summed E-state index contributed by atoms with van der Waals surface area (Å²) >= 11 is 8.25. The van der Waals surface area contributed by atoms with Crippen molar-refractivity contribution in [3.63, 3.8) is 0 Å². The second-order valence-corrected chi connectivity index (χ2v) is 18.5. The Morgan fingerprint density at radius 2 is 0.873 bits per heavy atom. The van der Waals surface area contributed by atoms with Crippen LogP contribution in [0.2, 0.25) is 0 Å². The summed E-state index contributed by atoms with van der Waals surface area (Å²) in [5, 5.41) is 4.23. The molecule has 0 radical (unpaired) electrons. The Bertz CT molecular complexity index is 2480. The highest BCUT2D eigenvalue weighted by Crippen LogP contribution is 2.48. The van der Waals surface area contributed by atoms with Gasteiger partial charge in [-0.1, -0.05) is 100 Å². The summed E-state index contributed by atoms with van der Waals surface area (Å²) in [6.45, 7) is 4.52. The summed E-state index contributed by atoms with van der Waals surface area (Å²) in [4.78, 5) is 18.1. The lowest BCUT2D eigenvalue weighted by molar-refractivity contribution is 0.717. The van der Waals surface area contributed by atoms with Gasteiger partial charge in [0.15, 0.2) is 0 Å². The Morgan fingerprint density at radius 3 is 1.27 bits per heavy atom. The molecule has 274 valence electrons. The molecule has 9 rings (SSSR count). The molecule has 3 aromatic carbocycles. The first-order chi connectivity index (χ1) is 27.2. The van der Waals surface area contributed by atoms with E-state index < -0.39 is 0 Å². The summed E-state index contributed by atoms with van der Waals surface area (Å²) in [7, 11) is 0. The fraction of sp³-hybridized carbons (Fsp3) is 0.217. The van der Waals surface area contributed by atoms with Crippen LogP contribution < -0.4 is 0 Å². The van der Waals surface area contributed by atoms with Crippen LogP contribution in [0.4, 0.5) is 0 Å². The molecule has 0 amide bonds. The van der Waals surface area contributed by atoms with Gasteiger partial charge in [0, 0.05) is 30.6 Å². The van der Waals surface area contributed by atoms with E-state index in [1.165, 1.54) is 82.3 Å². The maximum Gasteiger partial charge on any atom is 0.116 e. The van der Waals surface area contributed by atoms with Gasteiger partial charge in [-0.05, 0) is 95.1 Å². The van der Waals surface area contributed by atoms with Crippen LogP contribution in [0, 0.1) is 0 Å². The van der Waals surface area contributed by atoms with Crippen molar-refractivity contribution in [3.8, 4) is 62.9 Å². The smallest absolute Gasteiger partial charge is 0.116 e. The molecule has 0 fully saturated rings. The zero-order chi connectivity index (χ0) is 37.1. The molecule has 0 aliphatic carbocycles. The molecule has 0 N–H and O–H groups in total. The Morgan fingerprint density at radius 1 is 0.436 bits per heavy atom. The number of thiophene rings is 4. The number of unbranched alkanes of at least 4 members (excludes halogenated alkanes) is 4. The highest BCUT2D eigenvalue weighted by atomic mass is 32.1. The lowest BCUT2D eigenvalue weighted by Crippen LogP contribution is -1.98. The highest BCUT2D eigenvalue weighted by Gasteiger charge is 2.27. The van der Waals surface area contributed by atoms with Crippen molar-refractivity contribution in [3.05, 3.63) is 119 Å². The van der Waals surface area contributed by atoms with Gasteiger partial charge in [0.2, 0.25) is 0 Å². The first kappa shape index (κ1) is 36.3. The third-order valence-electron chi connectivity index (χ3n) is 10.2. The number of rotatable bonds is 14. The van der Waals surface area contributed by atoms with Crippen molar-refractivity contribution in [2.45, 2.75) is 65.2 Å². The summed E-state index contributed by atoms with van der Waals surface area (Å²) < 4.78 is 10.0. The highest BCUT2D eigenvalue weighted by molar-refractivity contribution is 7.19. The zero-order valence-corrected chi connectivity index (χ0v) is 35.0. The number of aromatic nitrogens is 4. The molecular formula is C46H40N4S5. The van der Waals surface area contributed by atoms with Gasteiger partial charge in [0.05, 0.1) is 21.5 Å². The van der Waals surface area contributed by atoms with E-state index in [4.69, 9.17) is 18.7 Å². The molecule has 0 saturated heterocycles. The number of benzene rings is 3. The largest absolute Gasteiger partial charge is 0.242 e. The van der Waals surface area contributed by atoms with Gasteiger partial charge in [0.25, 0.3) is 0 Å². The molecule has 55 heavy (non-hydrogen) atoms. The van der Waals surface area contributed by atoms with Gasteiger partial charge in [0.1, 0.15) is 33.5 Å². The van der Waals surface area contributed by atoms with E-state index in [2.05, 4.69) is 122 Å². The normalized spacial score (nSPS) is 11.7. The fourth-order valence-corrected chi connectivity index (χ4v) is 11.4. The van der Waals surface area contributed by atoms with Crippen LogP contribution in [0.3, 0.4) is 0 Å². The molecule has 9 aromatic rings. The van der Waals surface area contributed by atoms with Crippen LogP contribution in [0.25, 0.3) is 85.0 Å². The van der Waals surface area contributed by atoms with Gasteiger partial charge in [-0.3, -0.25) is 0 Å². The van der Waals surface area contributed by atoms with Crippen LogP contribution in [0.15, 0.2) is 108 Å². The Kier molecular flexibility index (Phi) is 10.8. The minimum Gasteiger partial charge on any atom is -0.242 e. The molecule has 0 aliphatic heterocycles. The van der Waals surface area contributed by atoms with E-state index in [-0.39, 0.29) is 0 Å². The van der Waals surface area contributed by atoms with E-state index in [1.54, 1.807) is 45.3 Å². The topological polar surface area (TPSA) is 51.6 Å². The average molecular weight is 809 g/mol. The molecule has 0 aliphatic rings. The predicted octanol–water partition coefficient (Wildman–Crippen LogP) is 15.3. The van der Waals surface area contributed by atoms with Crippen molar-refractivity contribution in [2.75, 3.05) is 0 Å². The zero-order valence-electron chi connectivity index (χ0n) is 30.9. The summed E-state index contributed by atoms with van der Waals surface area (Å²) in [6, 6.07) is 35.7. The minimum absolute atomic E-state index is 0.866. The van der Waals surface area contributed by atoms with Crippen molar-refractivity contribution in [1.29, 1.82) is 0 Å². The van der Waals surface area contributed by atoms with E-state index in [0.717, 1.165) is 76.9 Å². The molecule has 0 bridgehead atoms. The van der Waals surface area contributed by atoms with Gasteiger partial charge in [-0.2, -0.15) is 8.75 Å². The summed E-state index contributed by atoms with van der Waals surface area (Å²) in [6.07, 6.45) is 9.77. The van der Waals surface area contributed by atoms with E-state index in [1.807, 2.05) is 0 Å². The second-order valence-electron chi connectivity index (χ2n) is 13.9. The molecule has 9 heteroatoms. The van der Waals surface area contributed by atoms with Gasteiger partial charge >= 0.3 is 0 Å². The lowest BCUT2D eigenvalue weighted by Gasteiger charge is -2.14. The Balaban J connectivity index is 1.20. The molecule has 6 heterocycles. The van der Waals surface area contributed by atoms with Gasteiger partial charge in [-0.25, -0.2) is 9.97 Å². The van der Waals surface area contributed by atoms with Crippen molar-refractivity contribution < 1.29 is 0 Å². The first-order valence-corrected chi connectivity index (χ1v) is 23.3. The molecule has 4 nitrogen and oxygen atoms in total. The predicted molar refractivity (Wildman–Crippen MR) is 241 cm³/mol. The number of nitrogens with zero attached hydrogens (tertiary/aromatic N) is 4. The molecule has 0 saturated carbocycles. The molecule has 6 aromatic heterocycles. The maximum absolute atomic E-state index is 5.60. The Labute approximate surface area is 342 Å². The van der Waals surface area contributed by atoms with Gasteiger partial charge < -0.3 is 0 Å². The third-order valence-corrected chi connectivity index (χ3v) is 14.7. The maximum atomic E-state index is 5.60. The number of hydrogen-bond acceptors (Lipinski definition) is 9. The fourth-order valence-electron chi connectivity index (χ4n) is 7.25. The van der Waals surface area contributed by atoms with Crippen molar-refractivity contribution >= 4 is 79.1 Å². The van der Waals surface area contributed by atoms with Crippen molar-refractivity contribution in [2.24, 2.45) is 0 Å². The van der Waals surface area contributed by atoms with Gasteiger partial charge in [-0.15, -0.1) is 45.3 Å². The van der Waals surface area contributed by atoms with Crippen LogP contribution in [-0.4, -0.2) is 18.7 Å². The van der Waals surface area contributed by atoms with Crippen LogP contribution in [0.5, 0.6) is 0 Å². The third kappa shape index (κ3) is 7.36. The standard InChI is InChI=1S/C46H40N4S5/c1-3-5-7-11-29-15-19-31(20-16-29)33-23-25-35(53-33)39-43-44(48-42(38-14-10-28-52-38)41(47-43)37-13-9-27-51-37)40(46-45(39)49-55-50-46)36-26-24-34(54-36)32-21-17-30(18-22-32)12-8-6-4-2/h9-10,13-28H,3-8,11-12H2,1-2H3. The Hall–Kier alpha value is -4.38. The van der Waals surface area contributed by atoms with E-state index in [0.29, 0.717) is 0 Å². The van der Waals surface area contributed by atoms with Crippen molar-refractivity contribution in [1.82, 2.24) is 18.7 Å². The number of hydrogen-bond donors (Lipinski definition) is 0. The number of aryl methyl sites for hydroxylation is 2. The molecule has 0 atom stereocenters. The quantitative estimate of drug-likeness (QED) is 0.103. The summed E-state index contributed by atoms with van der Waals surface area (Å²) in [5.41, 5.74) is 12.6.